The summed E-state index contributed by atoms with van der Waals surface area (Å²) in [6, 6.07) is 16.2. The summed E-state index contributed by atoms with van der Waals surface area (Å²) in [4.78, 5) is 7.01. The van der Waals surface area contributed by atoms with Gasteiger partial charge in [-0.3, -0.25) is 9.80 Å². The third kappa shape index (κ3) is 7.51. The highest BCUT2D eigenvalue weighted by atomic mass is 16.5. The van der Waals surface area contributed by atoms with Crippen molar-refractivity contribution in [1.29, 1.82) is 0 Å². The maximum atomic E-state index is 10.4. The van der Waals surface area contributed by atoms with Crippen LogP contribution in [0.5, 0.6) is 11.5 Å². The zero-order valence-corrected chi connectivity index (χ0v) is 19.2. The molecule has 2 aromatic rings. The van der Waals surface area contributed by atoms with E-state index in [0.29, 0.717) is 13.2 Å². The maximum Gasteiger partial charge on any atom is 0.123 e. The van der Waals surface area contributed by atoms with Gasteiger partial charge in [-0.15, -0.1) is 0 Å². The fraction of sp³-hybridized carbons (Fsp3) is 0.520. The largest absolute Gasteiger partial charge is 0.496 e. The predicted octanol–water partition coefficient (Wildman–Crippen LogP) is 2.70. The molecule has 0 saturated carbocycles. The van der Waals surface area contributed by atoms with Gasteiger partial charge in [0, 0.05) is 51.4 Å². The first kappa shape index (κ1) is 23.5. The molecule has 0 amide bonds. The highest BCUT2D eigenvalue weighted by molar-refractivity contribution is 5.33. The van der Waals surface area contributed by atoms with Crippen molar-refractivity contribution in [2.75, 3.05) is 60.0 Å². The molecule has 0 aliphatic carbocycles. The molecule has 1 heterocycles. The highest BCUT2D eigenvalue weighted by Gasteiger charge is 2.18. The Kier molecular flexibility index (Phi) is 9.15. The second-order valence-electron chi connectivity index (χ2n) is 8.33. The Morgan fingerprint density at radius 2 is 1.74 bits per heavy atom. The van der Waals surface area contributed by atoms with Gasteiger partial charge in [0.05, 0.1) is 7.11 Å². The number of hydrogen-bond acceptors (Lipinski definition) is 6. The topological polar surface area (TPSA) is 48.4 Å². The fourth-order valence-corrected chi connectivity index (χ4v) is 4.06. The Bertz CT molecular complexity index is 793. The van der Waals surface area contributed by atoms with Gasteiger partial charge in [0.25, 0.3) is 0 Å². The van der Waals surface area contributed by atoms with Crippen molar-refractivity contribution < 1.29 is 14.6 Å². The van der Waals surface area contributed by atoms with Crippen LogP contribution in [0.15, 0.2) is 48.5 Å². The second-order valence-corrected chi connectivity index (χ2v) is 8.33. The van der Waals surface area contributed by atoms with Crippen LogP contribution in [0.3, 0.4) is 0 Å². The van der Waals surface area contributed by atoms with E-state index in [9.17, 15) is 5.11 Å². The number of piperazine rings is 1. The fourth-order valence-electron chi connectivity index (χ4n) is 4.06. The molecule has 1 aliphatic rings. The van der Waals surface area contributed by atoms with Crippen molar-refractivity contribution in [1.82, 2.24) is 14.7 Å². The SMILES string of the molecule is CCN1CCN(CC(O)COc2cccc(CN(C)Cc3ccccc3OC)c2)CC1. The molecule has 0 spiro atoms. The van der Waals surface area contributed by atoms with Crippen molar-refractivity contribution in [3.8, 4) is 11.5 Å². The summed E-state index contributed by atoms with van der Waals surface area (Å²) in [6.45, 7) is 10.1. The zero-order chi connectivity index (χ0) is 22.1. The molecule has 1 fully saturated rings. The van der Waals surface area contributed by atoms with E-state index in [0.717, 1.165) is 57.3 Å². The van der Waals surface area contributed by atoms with Gasteiger partial charge >= 0.3 is 0 Å². The van der Waals surface area contributed by atoms with Crippen LogP contribution in [0.2, 0.25) is 0 Å². The number of rotatable bonds is 11. The number of hydrogen-bond donors (Lipinski definition) is 1. The van der Waals surface area contributed by atoms with Gasteiger partial charge in [0.1, 0.15) is 24.2 Å². The highest BCUT2D eigenvalue weighted by Crippen LogP contribution is 2.20. The average Bonchev–Trinajstić information content (AvgIpc) is 2.79. The van der Waals surface area contributed by atoms with E-state index < -0.39 is 6.10 Å². The van der Waals surface area contributed by atoms with E-state index in [1.54, 1.807) is 7.11 Å². The molecule has 1 saturated heterocycles. The summed E-state index contributed by atoms with van der Waals surface area (Å²) in [6.07, 6.45) is -0.481. The Morgan fingerprint density at radius 1 is 1.00 bits per heavy atom. The number of benzene rings is 2. The van der Waals surface area contributed by atoms with E-state index in [2.05, 4.69) is 46.9 Å². The van der Waals surface area contributed by atoms with Gasteiger partial charge in [0.15, 0.2) is 0 Å². The minimum atomic E-state index is -0.481. The number of methoxy groups -OCH3 is 1. The van der Waals surface area contributed by atoms with Crippen LogP contribution in [0.4, 0.5) is 0 Å². The maximum absolute atomic E-state index is 10.4. The summed E-state index contributed by atoms with van der Waals surface area (Å²) in [5.74, 6) is 1.72. The number of aliphatic hydroxyl groups is 1. The van der Waals surface area contributed by atoms with E-state index in [1.807, 2.05) is 30.3 Å². The van der Waals surface area contributed by atoms with Crippen LogP contribution in [-0.4, -0.2) is 85.9 Å². The lowest BCUT2D eigenvalue weighted by molar-refractivity contribution is 0.0470. The summed E-state index contributed by atoms with van der Waals surface area (Å²) < 4.78 is 11.4. The molecule has 1 atom stereocenters. The standard InChI is InChI=1S/C25H37N3O3/c1-4-27-12-14-28(15-13-27)19-23(29)20-31-24-10-7-8-21(16-24)17-26(2)18-22-9-5-6-11-25(22)30-3/h5-11,16,23,29H,4,12-15,17-20H2,1-3H3. The van der Waals surface area contributed by atoms with Crippen LogP contribution in [0, 0.1) is 0 Å². The van der Waals surface area contributed by atoms with Crippen LogP contribution in [0.25, 0.3) is 0 Å². The Labute approximate surface area is 187 Å². The van der Waals surface area contributed by atoms with Crippen molar-refractivity contribution in [2.24, 2.45) is 0 Å². The number of para-hydroxylation sites is 1. The van der Waals surface area contributed by atoms with Crippen LogP contribution in [-0.2, 0) is 13.1 Å². The third-order valence-corrected chi connectivity index (χ3v) is 5.81. The average molecular weight is 428 g/mol. The molecule has 0 bridgehead atoms. The summed E-state index contributed by atoms with van der Waals surface area (Å²) in [7, 11) is 3.81. The third-order valence-electron chi connectivity index (χ3n) is 5.81. The van der Waals surface area contributed by atoms with Crippen LogP contribution in [0.1, 0.15) is 18.1 Å². The molecule has 1 aliphatic heterocycles. The van der Waals surface area contributed by atoms with Gasteiger partial charge in [0.2, 0.25) is 0 Å². The quantitative estimate of drug-likeness (QED) is 0.595. The number of β-amino-alcohol motifs (C(OH)–C–C–N with tert-alkyl or cyclic N) is 1. The van der Waals surface area contributed by atoms with E-state index in [1.165, 1.54) is 11.1 Å². The van der Waals surface area contributed by atoms with Gasteiger partial charge in [-0.1, -0.05) is 37.3 Å². The first-order chi connectivity index (χ1) is 15.1. The Morgan fingerprint density at radius 3 is 2.48 bits per heavy atom. The van der Waals surface area contributed by atoms with Gasteiger partial charge < -0.3 is 19.5 Å². The molecule has 170 valence electrons. The number of ether oxygens (including phenoxy) is 2. The molecule has 6 heteroatoms. The lowest BCUT2D eigenvalue weighted by Crippen LogP contribution is -2.49. The van der Waals surface area contributed by atoms with Gasteiger partial charge in [-0.05, 0) is 37.4 Å². The van der Waals surface area contributed by atoms with Crippen LogP contribution >= 0.6 is 0 Å². The molecule has 1 N–H and O–H groups in total. The molecular weight excluding hydrogens is 390 g/mol. The number of nitrogens with zero attached hydrogens (tertiary/aromatic N) is 3. The molecule has 0 radical (unpaired) electrons. The summed E-state index contributed by atoms with van der Waals surface area (Å²) >= 11 is 0. The monoisotopic (exact) mass is 427 g/mol. The van der Waals surface area contributed by atoms with E-state index >= 15 is 0 Å². The molecule has 3 rings (SSSR count). The van der Waals surface area contributed by atoms with Gasteiger partial charge in [-0.25, -0.2) is 0 Å². The molecule has 1 unspecified atom stereocenters. The van der Waals surface area contributed by atoms with Crippen LogP contribution < -0.4 is 9.47 Å². The predicted molar refractivity (Wildman–Crippen MR) is 125 cm³/mol. The molecule has 2 aromatic carbocycles. The first-order valence-corrected chi connectivity index (χ1v) is 11.2. The minimum absolute atomic E-state index is 0.314. The molecule has 0 aromatic heterocycles. The number of likely N-dealkylation sites (N-methyl/N-ethyl adjacent to an activating group) is 1. The smallest absolute Gasteiger partial charge is 0.123 e. The first-order valence-electron chi connectivity index (χ1n) is 11.2. The van der Waals surface area contributed by atoms with Crippen molar-refractivity contribution in [2.45, 2.75) is 26.1 Å². The van der Waals surface area contributed by atoms with Crippen molar-refractivity contribution >= 4 is 0 Å². The summed E-state index contributed by atoms with van der Waals surface area (Å²) in [5, 5.41) is 10.4. The molecule has 6 nitrogen and oxygen atoms in total. The Balaban J connectivity index is 1.45. The molecule has 31 heavy (non-hydrogen) atoms. The zero-order valence-electron chi connectivity index (χ0n) is 19.2. The van der Waals surface area contributed by atoms with E-state index in [-0.39, 0.29) is 0 Å². The molecular formula is C25H37N3O3. The van der Waals surface area contributed by atoms with Crippen molar-refractivity contribution in [3.63, 3.8) is 0 Å². The summed E-state index contributed by atoms with van der Waals surface area (Å²) in [5.41, 5.74) is 2.35. The second kappa shape index (κ2) is 12.1. The lowest BCUT2D eigenvalue weighted by atomic mass is 10.1. The Hall–Kier alpha value is -2.12. The number of aliphatic hydroxyl groups excluding tert-OH is 1. The minimum Gasteiger partial charge on any atom is -0.496 e. The van der Waals surface area contributed by atoms with Gasteiger partial charge in [-0.2, -0.15) is 0 Å². The lowest BCUT2D eigenvalue weighted by Gasteiger charge is -2.34. The normalized spacial score (nSPS) is 16.4. The van der Waals surface area contributed by atoms with Crippen molar-refractivity contribution in [3.05, 3.63) is 59.7 Å². The van der Waals surface area contributed by atoms with E-state index in [4.69, 9.17) is 9.47 Å².